The fourth-order valence-corrected chi connectivity index (χ4v) is 7.48. The van der Waals surface area contributed by atoms with Gasteiger partial charge < -0.3 is 9.32 Å². The minimum Gasteiger partial charge on any atom is -0.456 e. The molecule has 0 aliphatic rings. The smallest absolute Gasteiger partial charge is 0.136 e. The quantitative estimate of drug-likeness (QED) is 0.175. The number of hydrogen-bond acceptors (Lipinski definition) is 2. The second-order valence-electron chi connectivity index (χ2n) is 13.0. The van der Waals surface area contributed by atoms with Crippen LogP contribution in [0.25, 0.3) is 76.5 Å². The van der Waals surface area contributed by atoms with Crippen molar-refractivity contribution in [3.8, 4) is 22.3 Å². The monoisotopic (exact) mass is 637 g/mol. The normalized spacial score (nSPS) is 11.6. The zero-order chi connectivity index (χ0) is 33.0. The van der Waals surface area contributed by atoms with E-state index >= 15 is 0 Å². The number of furan rings is 1. The summed E-state index contributed by atoms with van der Waals surface area (Å²) in [5.74, 6) is 0. The van der Waals surface area contributed by atoms with Gasteiger partial charge >= 0.3 is 0 Å². The molecule has 0 N–H and O–H groups in total. The van der Waals surface area contributed by atoms with Gasteiger partial charge in [-0.2, -0.15) is 0 Å². The van der Waals surface area contributed by atoms with E-state index < -0.39 is 0 Å². The Balaban J connectivity index is 1.09. The Labute approximate surface area is 290 Å². The Bertz CT molecular complexity index is 2870. The van der Waals surface area contributed by atoms with Gasteiger partial charge in [0.2, 0.25) is 0 Å². The van der Waals surface area contributed by atoms with Crippen molar-refractivity contribution in [2.45, 2.75) is 0 Å². The number of nitrogens with zero attached hydrogens (tertiary/aromatic N) is 1. The first-order valence-electron chi connectivity index (χ1n) is 17.1. The molecule has 9 aromatic carbocycles. The Morgan fingerprint density at radius 3 is 1.78 bits per heavy atom. The summed E-state index contributed by atoms with van der Waals surface area (Å²) in [6, 6.07) is 67.7. The van der Waals surface area contributed by atoms with Crippen molar-refractivity contribution in [3.63, 3.8) is 0 Å². The first-order chi connectivity index (χ1) is 24.7. The van der Waals surface area contributed by atoms with E-state index in [-0.39, 0.29) is 0 Å². The number of para-hydroxylation sites is 1. The molecule has 10 rings (SSSR count). The molecule has 0 saturated carbocycles. The average molecular weight is 638 g/mol. The maximum atomic E-state index is 6.16. The van der Waals surface area contributed by atoms with E-state index in [9.17, 15) is 0 Å². The van der Waals surface area contributed by atoms with Gasteiger partial charge in [0.15, 0.2) is 0 Å². The lowest BCUT2D eigenvalue weighted by Crippen LogP contribution is -2.10. The van der Waals surface area contributed by atoms with Crippen LogP contribution in [0.5, 0.6) is 0 Å². The molecule has 0 saturated heterocycles. The molecule has 2 heteroatoms. The van der Waals surface area contributed by atoms with Crippen LogP contribution in [0, 0.1) is 0 Å². The Morgan fingerprint density at radius 1 is 0.280 bits per heavy atom. The lowest BCUT2D eigenvalue weighted by atomic mass is 9.99. The van der Waals surface area contributed by atoms with Gasteiger partial charge in [0, 0.05) is 27.8 Å². The third-order valence-electron chi connectivity index (χ3n) is 9.99. The predicted octanol–water partition coefficient (Wildman–Crippen LogP) is 13.8. The lowest BCUT2D eigenvalue weighted by molar-refractivity contribution is 0.669. The zero-order valence-corrected chi connectivity index (χ0v) is 27.3. The van der Waals surface area contributed by atoms with Crippen LogP contribution in [0.2, 0.25) is 0 Å². The van der Waals surface area contributed by atoms with Crippen molar-refractivity contribution in [2.24, 2.45) is 0 Å². The van der Waals surface area contributed by atoms with Gasteiger partial charge in [0.1, 0.15) is 11.2 Å². The molecular formula is C48H31NO. The van der Waals surface area contributed by atoms with E-state index in [0.29, 0.717) is 0 Å². The number of benzene rings is 9. The molecule has 1 aromatic heterocycles. The van der Waals surface area contributed by atoms with Gasteiger partial charge in [0.05, 0.1) is 0 Å². The van der Waals surface area contributed by atoms with Crippen molar-refractivity contribution in [3.05, 3.63) is 188 Å². The SMILES string of the molecule is c1ccc(-c2cccc(N(c3ccc(-c4ccc5cc6oc7ccccc7c6cc5c4)cc3)c3ccc4ccc5ccccc5c4c3)c2)cc1. The van der Waals surface area contributed by atoms with E-state index in [1.54, 1.807) is 0 Å². The largest absolute Gasteiger partial charge is 0.456 e. The minimum absolute atomic E-state index is 0.923. The summed E-state index contributed by atoms with van der Waals surface area (Å²) in [5, 5.41) is 9.66. The summed E-state index contributed by atoms with van der Waals surface area (Å²) in [4.78, 5) is 2.37. The van der Waals surface area contributed by atoms with E-state index in [2.05, 4.69) is 181 Å². The summed E-state index contributed by atoms with van der Waals surface area (Å²) in [6.45, 7) is 0. The van der Waals surface area contributed by atoms with Crippen LogP contribution in [0.15, 0.2) is 192 Å². The van der Waals surface area contributed by atoms with Gasteiger partial charge in [-0.1, -0.05) is 127 Å². The van der Waals surface area contributed by atoms with Crippen LogP contribution < -0.4 is 4.90 Å². The molecule has 0 amide bonds. The van der Waals surface area contributed by atoms with Gasteiger partial charge in [-0.3, -0.25) is 0 Å². The summed E-state index contributed by atoms with van der Waals surface area (Å²) < 4.78 is 6.16. The minimum atomic E-state index is 0.923. The standard InChI is InChI=1S/C48H31NO/c1-2-9-32(10-3-1)36-12-8-13-41(28-36)49(42-26-23-35-18-17-34-11-4-5-14-43(34)45(35)31-42)40-24-21-33(22-25-40)37-19-20-38-30-48-46(29-39(38)27-37)44-15-6-7-16-47(44)50-48/h1-31H. The van der Waals surface area contributed by atoms with Crippen LogP contribution in [0.3, 0.4) is 0 Å². The van der Waals surface area contributed by atoms with E-state index in [0.717, 1.165) is 39.0 Å². The molecule has 0 atom stereocenters. The summed E-state index contributed by atoms with van der Waals surface area (Å²) >= 11 is 0. The molecule has 0 spiro atoms. The van der Waals surface area contributed by atoms with Crippen molar-refractivity contribution < 1.29 is 4.42 Å². The highest BCUT2D eigenvalue weighted by Gasteiger charge is 2.16. The maximum Gasteiger partial charge on any atom is 0.136 e. The van der Waals surface area contributed by atoms with Crippen molar-refractivity contribution in [1.29, 1.82) is 0 Å². The molecule has 10 aromatic rings. The molecule has 1 heterocycles. The molecule has 0 aliphatic carbocycles. The van der Waals surface area contributed by atoms with Gasteiger partial charge in [-0.25, -0.2) is 0 Å². The van der Waals surface area contributed by atoms with Crippen LogP contribution in [0.4, 0.5) is 17.1 Å². The van der Waals surface area contributed by atoms with Crippen LogP contribution >= 0.6 is 0 Å². The van der Waals surface area contributed by atoms with Crippen LogP contribution in [0.1, 0.15) is 0 Å². The van der Waals surface area contributed by atoms with Gasteiger partial charge in [-0.05, 0) is 115 Å². The summed E-state index contributed by atoms with van der Waals surface area (Å²) in [5.41, 5.74) is 9.93. The number of hydrogen-bond donors (Lipinski definition) is 0. The van der Waals surface area contributed by atoms with E-state index in [1.807, 2.05) is 12.1 Å². The fraction of sp³-hybridized carbons (Fsp3) is 0. The van der Waals surface area contributed by atoms with E-state index in [4.69, 9.17) is 4.42 Å². The first-order valence-corrected chi connectivity index (χ1v) is 17.1. The predicted molar refractivity (Wildman–Crippen MR) is 212 cm³/mol. The topological polar surface area (TPSA) is 16.4 Å². The highest BCUT2D eigenvalue weighted by atomic mass is 16.3. The highest BCUT2D eigenvalue weighted by Crippen LogP contribution is 2.40. The molecule has 0 unspecified atom stereocenters. The molecule has 2 nitrogen and oxygen atoms in total. The molecule has 50 heavy (non-hydrogen) atoms. The third-order valence-corrected chi connectivity index (χ3v) is 9.99. The van der Waals surface area contributed by atoms with Gasteiger partial charge in [0.25, 0.3) is 0 Å². The van der Waals surface area contributed by atoms with Gasteiger partial charge in [-0.15, -0.1) is 0 Å². The second kappa shape index (κ2) is 11.5. The molecule has 0 radical (unpaired) electrons. The Morgan fingerprint density at radius 2 is 0.900 bits per heavy atom. The van der Waals surface area contributed by atoms with Crippen molar-refractivity contribution in [1.82, 2.24) is 0 Å². The number of rotatable bonds is 5. The summed E-state index contributed by atoms with van der Waals surface area (Å²) in [7, 11) is 0. The first kappa shape index (κ1) is 28.4. The lowest BCUT2D eigenvalue weighted by Gasteiger charge is -2.27. The van der Waals surface area contributed by atoms with E-state index in [1.165, 1.54) is 54.6 Å². The van der Waals surface area contributed by atoms with Crippen LogP contribution in [-0.2, 0) is 0 Å². The Hall–Kier alpha value is -6.64. The van der Waals surface area contributed by atoms with Crippen LogP contribution in [-0.4, -0.2) is 0 Å². The molecular weight excluding hydrogens is 607 g/mol. The number of anilines is 3. The van der Waals surface area contributed by atoms with Crippen molar-refractivity contribution in [2.75, 3.05) is 4.90 Å². The molecule has 0 fully saturated rings. The molecule has 0 aliphatic heterocycles. The van der Waals surface area contributed by atoms with Crippen molar-refractivity contribution >= 4 is 71.3 Å². The molecule has 234 valence electrons. The Kier molecular flexibility index (Phi) is 6.53. The summed E-state index contributed by atoms with van der Waals surface area (Å²) in [6.07, 6.45) is 0. The maximum absolute atomic E-state index is 6.16. The number of fused-ring (bicyclic) bond motifs is 7. The average Bonchev–Trinajstić information content (AvgIpc) is 3.55. The zero-order valence-electron chi connectivity index (χ0n) is 27.3. The molecule has 0 bridgehead atoms. The third kappa shape index (κ3) is 4.81. The fourth-order valence-electron chi connectivity index (χ4n) is 7.48. The highest BCUT2D eigenvalue weighted by molar-refractivity contribution is 6.11. The second-order valence-corrected chi connectivity index (χ2v) is 13.0.